The lowest BCUT2D eigenvalue weighted by Crippen LogP contribution is -2.53. The first-order valence-corrected chi connectivity index (χ1v) is 16.3. The van der Waals surface area contributed by atoms with Crippen molar-refractivity contribution in [1.29, 1.82) is 0 Å². The van der Waals surface area contributed by atoms with E-state index in [0.717, 1.165) is 13.5 Å². The summed E-state index contributed by atoms with van der Waals surface area (Å²) in [5.41, 5.74) is 0. The molecular weight excluding hydrogens is 626 g/mol. The van der Waals surface area contributed by atoms with Crippen LogP contribution in [-0.2, 0) is 36.3 Å². The van der Waals surface area contributed by atoms with Gasteiger partial charge in [-0.3, -0.25) is 9.59 Å². The number of alkyl halides is 6. The van der Waals surface area contributed by atoms with Crippen molar-refractivity contribution in [3.05, 3.63) is 0 Å². The standard InChI is InChI=1S/C14H26F3NO3S.C13H24F3NO3S/c1-9(2)7-8-10(12(19)21-6)11(14(15,16)17)18-22(20)13(3,4)5;1-5-6-7-8-9(11(18)19)10(13(14,15)16)17-21(20)12(2,3)4/h9-11,18H,7-8H2,1-6H3;9-10,17H,5-8H2,1-4H3,(H,18,19)/t10-,11-,22-;9-,10-,21-/m00/s1. The van der Waals surface area contributed by atoms with E-state index in [0.29, 0.717) is 19.3 Å². The molecule has 0 aromatic carbocycles. The van der Waals surface area contributed by atoms with E-state index in [1.54, 1.807) is 20.8 Å². The molecule has 16 heteroatoms. The molecule has 0 spiro atoms. The molecule has 258 valence electrons. The Morgan fingerprint density at radius 1 is 0.744 bits per heavy atom. The Morgan fingerprint density at radius 2 is 1.14 bits per heavy atom. The van der Waals surface area contributed by atoms with E-state index < -0.39 is 79.7 Å². The molecule has 0 aliphatic carbocycles. The van der Waals surface area contributed by atoms with E-state index in [9.17, 15) is 44.3 Å². The van der Waals surface area contributed by atoms with Crippen LogP contribution in [0.3, 0.4) is 0 Å². The van der Waals surface area contributed by atoms with Gasteiger partial charge < -0.3 is 9.84 Å². The second-order valence-corrected chi connectivity index (χ2v) is 16.6. The summed E-state index contributed by atoms with van der Waals surface area (Å²) in [6.07, 6.45) is -7.27. The molecule has 6 atom stereocenters. The van der Waals surface area contributed by atoms with Crippen molar-refractivity contribution in [1.82, 2.24) is 9.44 Å². The molecule has 0 amide bonds. The smallest absolute Gasteiger partial charge is 0.405 e. The highest BCUT2D eigenvalue weighted by molar-refractivity contribution is 7.84. The van der Waals surface area contributed by atoms with Gasteiger partial charge >= 0.3 is 24.3 Å². The summed E-state index contributed by atoms with van der Waals surface area (Å²) in [7, 11) is -2.88. The molecule has 0 bridgehead atoms. The molecule has 0 saturated carbocycles. The fraction of sp³-hybridized carbons (Fsp3) is 0.926. The molecule has 0 aliphatic heterocycles. The molecule has 0 unspecified atom stereocenters. The number of nitrogens with one attached hydrogen (secondary N) is 2. The predicted octanol–water partition coefficient (Wildman–Crippen LogP) is 6.44. The molecule has 0 aromatic rings. The van der Waals surface area contributed by atoms with Gasteiger partial charge in [-0.15, -0.1) is 0 Å². The minimum atomic E-state index is -4.77. The lowest BCUT2D eigenvalue weighted by atomic mass is 9.91. The highest BCUT2D eigenvalue weighted by Gasteiger charge is 2.50. The van der Waals surface area contributed by atoms with Gasteiger partial charge in [0.1, 0.15) is 12.1 Å². The second-order valence-electron chi connectivity index (χ2n) is 12.6. The average Bonchev–Trinajstić information content (AvgIpc) is 2.82. The quantitative estimate of drug-likeness (QED) is 0.104. The number of aliphatic carboxylic acids is 1. The maximum absolute atomic E-state index is 13.3. The first kappa shape index (κ1) is 43.9. The van der Waals surface area contributed by atoms with Gasteiger partial charge in [-0.05, 0) is 60.3 Å². The number of unbranched alkanes of at least 4 members (excludes halogenated alkanes) is 2. The van der Waals surface area contributed by atoms with E-state index >= 15 is 0 Å². The molecule has 43 heavy (non-hydrogen) atoms. The summed E-state index contributed by atoms with van der Waals surface area (Å²) in [6.45, 7) is 14.9. The van der Waals surface area contributed by atoms with Gasteiger partial charge in [0.05, 0.1) is 50.4 Å². The number of carbonyl (C=O) groups is 2. The molecule has 3 N–H and O–H groups in total. The van der Waals surface area contributed by atoms with E-state index in [2.05, 4.69) is 9.46 Å². The fourth-order valence-corrected chi connectivity index (χ4v) is 5.23. The van der Waals surface area contributed by atoms with Crippen molar-refractivity contribution in [3.63, 3.8) is 0 Å². The van der Waals surface area contributed by atoms with E-state index in [1.165, 1.54) is 20.8 Å². The molecule has 0 aromatic heterocycles. The number of carbonyl (C=O) groups excluding carboxylic acids is 1. The molecule has 0 aliphatic rings. The van der Waals surface area contributed by atoms with Crippen molar-refractivity contribution < 1.29 is 54.2 Å². The molecule has 8 nitrogen and oxygen atoms in total. The Balaban J connectivity index is 0. The minimum absolute atomic E-state index is 0.0167. The molecular formula is C27H50F6N2O6S2. The summed E-state index contributed by atoms with van der Waals surface area (Å²) in [6, 6.07) is -4.51. The molecule has 0 rings (SSSR count). The summed E-state index contributed by atoms with van der Waals surface area (Å²) in [5.74, 6) is -5.37. The summed E-state index contributed by atoms with van der Waals surface area (Å²) >= 11 is 0. The third-order valence-corrected chi connectivity index (χ3v) is 9.25. The fourth-order valence-electron chi connectivity index (χ4n) is 3.47. The average molecular weight is 677 g/mol. The van der Waals surface area contributed by atoms with Crippen LogP contribution in [0.15, 0.2) is 0 Å². The monoisotopic (exact) mass is 676 g/mol. The number of halogens is 6. The van der Waals surface area contributed by atoms with Gasteiger partial charge in [-0.25, -0.2) is 17.9 Å². The Hall–Kier alpha value is -1.26. The van der Waals surface area contributed by atoms with Crippen LogP contribution in [0.4, 0.5) is 26.3 Å². The number of ether oxygens (including phenoxy) is 1. The molecule has 0 heterocycles. The van der Waals surface area contributed by atoms with Gasteiger partial charge in [-0.2, -0.15) is 26.3 Å². The van der Waals surface area contributed by atoms with E-state index in [-0.39, 0.29) is 18.8 Å². The zero-order chi connectivity index (χ0) is 34.6. The zero-order valence-corrected chi connectivity index (χ0v) is 28.3. The van der Waals surface area contributed by atoms with Crippen molar-refractivity contribution in [2.75, 3.05) is 7.11 Å². The highest BCUT2D eigenvalue weighted by atomic mass is 32.2. The highest BCUT2D eigenvalue weighted by Crippen LogP contribution is 2.32. The number of hydrogen-bond donors (Lipinski definition) is 3. The number of esters is 1. The van der Waals surface area contributed by atoms with Crippen LogP contribution in [-0.4, -0.2) is 66.5 Å². The van der Waals surface area contributed by atoms with E-state index in [4.69, 9.17) is 5.11 Å². The SMILES string of the molecule is CCCCC[C@H](C(=O)O)[C@H](N[S@@](=O)C(C)(C)C)C(F)(F)F.COC(=O)[C@@H](CCC(C)C)[C@H](N[S@@](=O)C(C)(C)C)C(F)(F)F. The van der Waals surface area contributed by atoms with Gasteiger partial charge in [0.2, 0.25) is 0 Å². The van der Waals surface area contributed by atoms with Crippen molar-refractivity contribution in [2.24, 2.45) is 17.8 Å². The Morgan fingerprint density at radius 3 is 1.42 bits per heavy atom. The third kappa shape index (κ3) is 17.7. The normalized spacial score (nSPS) is 17.2. The van der Waals surface area contributed by atoms with Crippen LogP contribution < -0.4 is 9.44 Å². The van der Waals surface area contributed by atoms with Gasteiger partial charge in [-0.1, -0.05) is 46.5 Å². The number of rotatable bonds is 15. The lowest BCUT2D eigenvalue weighted by Gasteiger charge is -2.30. The van der Waals surface area contributed by atoms with Gasteiger partial charge in [0.25, 0.3) is 0 Å². The maximum Gasteiger partial charge on any atom is 0.405 e. The summed E-state index contributed by atoms with van der Waals surface area (Å²) in [5, 5.41) is 9.08. The Labute approximate surface area is 257 Å². The predicted molar refractivity (Wildman–Crippen MR) is 157 cm³/mol. The van der Waals surface area contributed by atoms with Crippen molar-refractivity contribution >= 4 is 33.9 Å². The van der Waals surface area contributed by atoms with Crippen LogP contribution in [0.5, 0.6) is 0 Å². The number of methoxy groups -OCH3 is 1. The largest absolute Gasteiger partial charge is 0.481 e. The van der Waals surface area contributed by atoms with Gasteiger partial charge in [0.15, 0.2) is 0 Å². The number of carboxylic acids is 1. The van der Waals surface area contributed by atoms with Crippen molar-refractivity contribution in [2.45, 2.75) is 135 Å². The Kier molecular flexibility index (Phi) is 19.0. The zero-order valence-electron chi connectivity index (χ0n) is 26.7. The van der Waals surface area contributed by atoms with E-state index in [1.807, 2.05) is 25.5 Å². The molecule has 0 saturated heterocycles. The topological polar surface area (TPSA) is 122 Å². The maximum atomic E-state index is 13.3. The lowest BCUT2D eigenvalue weighted by molar-refractivity contribution is -0.178. The first-order valence-electron chi connectivity index (χ1n) is 14.0. The van der Waals surface area contributed by atoms with Crippen LogP contribution in [0.2, 0.25) is 0 Å². The van der Waals surface area contributed by atoms with Crippen LogP contribution >= 0.6 is 0 Å². The Bertz CT molecular complexity index is 902. The van der Waals surface area contributed by atoms with Crippen molar-refractivity contribution in [3.8, 4) is 0 Å². The molecule has 0 fully saturated rings. The first-order chi connectivity index (χ1) is 19.2. The number of carboxylic acid groups (broad SMARTS) is 1. The third-order valence-electron chi connectivity index (χ3n) is 6.09. The number of hydrogen-bond acceptors (Lipinski definition) is 5. The van der Waals surface area contributed by atoms with Crippen LogP contribution in [0.25, 0.3) is 0 Å². The summed E-state index contributed by atoms with van der Waals surface area (Å²) in [4.78, 5) is 23.0. The summed E-state index contributed by atoms with van der Waals surface area (Å²) < 4.78 is 110. The minimum Gasteiger partial charge on any atom is -0.481 e. The second kappa shape index (κ2) is 18.6. The van der Waals surface area contributed by atoms with Crippen LogP contribution in [0.1, 0.15) is 101 Å². The van der Waals surface area contributed by atoms with Crippen LogP contribution in [0, 0.1) is 17.8 Å². The van der Waals surface area contributed by atoms with Gasteiger partial charge in [0, 0.05) is 0 Å². The molecule has 0 radical (unpaired) electrons.